The lowest BCUT2D eigenvalue weighted by molar-refractivity contribution is -0.386. The fourth-order valence-electron chi connectivity index (χ4n) is 1.97. The number of rotatable bonds is 8. The van der Waals surface area contributed by atoms with Gasteiger partial charge in [-0.3, -0.25) is 14.9 Å². The van der Waals surface area contributed by atoms with E-state index in [2.05, 4.69) is 4.74 Å². The molecule has 1 aromatic rings. The van der Waals surface area contributed by atoms with Crippen LogP contribution in [-0.2, 0) is 14.8 Å². The summed E-state index contributed by atoms with van der Waals surface area (Å²) < 4.78 is 44.8. The maximum absolute atomic E-state index is 13.9. The molecule has 0 aromatic heterocycles. The Labute approximate surface area is 137 Å². The molecule has 1 aromatic carbocycles. The molecule has 0 aliphatic heterocycles. The number of nitrogens with one attached hydrogen (secondary N) is 1. The van der Waals surface area contributed by atoms with Crippen molar-refractivity contribution in [1.82, 2.24) is 4.72 Å². The Morgan fingerprint density at radius 3 is 2.46 bits per heavy atom. The third-order valence-corrected chi connectivity index (χ3v) is 4.46. The number of carbonyl (C=O) groups is 1. The largest absolute Gasteiger partial charge is 0.488 e. The Bertz CT molecular complexity index is 749. The summed E-state index contributed by atoms with van der Waals surface area (Å²) in [6.07, 6.45) is -0.00467. The first-order chi connectivity index (χ1) is 11.0. The van der Waals surface area contributed by atoms with Gasteiger partial charge in [-0.05, 0) is 18.4 Å². The van der Waals surface area contributed by atoms with Gasteiger partial charge in [0, 0.05) is 6.07 Å². The first-order valence-electron chi connectivity index (χ1n) is 6.76. The van der Waals surface area contributed by atoms with Gasteiger partial charge in [-0.15, -0.1) is 0 Å². The second kappa shape index (κ2) is 7.53. The van der Waals surface area contributed by atoms with E-state index < -0.39 is 49.1 Å². The Morgan fingerprint density at radius 1 is 1.46 bits per heavy atom. The lowest BCUT2D eigenvalue weighted by atomic mass is 10.1. The lowest BCUT2D eigenvalue weighted by Crippen LogP contribution is -2.41. The van der Waals surface area contributed by atoms with Crippen LogP contribution in [0.2, 0.25) is 0 Å². The number of benzene rings is 1. The molecule has 0 fully saturated rings. The zero-order valence-electron chi connectivity index (χ0n) is 13.1. The summed E-state index contributed by atoms with van der Waals surface area (Å²) in [5.41, 5.74) is -0.881. The number of sulfonamides is 1. The standard InChI is InChI=1S/C13H17FN2O7S/c1-7(2)4-10(13(17)18)15-24(21,22)8-5-9(14)12(23-3)11(6-8)16(19)20/h5-7,10,15H,4H2,1-3H3,(H,17,18)/t10-/m0/s1. The zero-order chi connectivity index (χ0) is 18.7. The predicted molar refractivity (Wildman–Crippen MR) is 80.8 cm³/mol. The predicted octanol–water partition coefficient (Wildman–Crippen LogP) is 1.52. The van der Waals surface area contributed by atoms with E-state index in [4.69, 9.17) is 5.11 Å². The van der Waals surface area contributed by atoms with Gasteiger partial charge in [0.05, 0.1) is 16.9 Å². The van der Waals surface area contributed by atoms with Crippen molar-refractivity contribution in [3.63, 3.8) is 0 Å². The molecule has 0 amide bonds. The summed E-state index contributed by atoms with van der Waals surface area (Å²) in [4.78, 5) is 20.3. The fraction of sp³-hybridized carbons (Fsp3) is 0.462. The highest BCUT2D eigenvalue weighted by Crippen LogP contribution is 2.32. The van der Waals surface area contributed by atoms with Crippen LogP contribution < -0.4 is 9.46 Å². The van der Waals surface area contributed by atoms with Gasteiger partial charge in [0.1, 0.15) is 6.04 Å². The van der Waals surface area contributed by atoms with Crippen molar-refractivity contribution < 1.29 is 32.4 Å². The molecule has 0 saturated heterocycles. The number of carboxylic acids is 1. The molecule has 2 N–H and O–H groups in total. The summed E-state index contributed by atoms with van der Waals surface area (Å²) in [5.74, 6) is -3.50. The van der Waals surface area contributed by atoms with Crippen molar-refractivity contribution in [2.75, 3.05) is 7.11 Å². The summed E-state index contributed by atoms with van der Waals surface area (Å²) in [7, 11) is -3.48. The molecule has 0 bridgehead atoms. The number of nitro benzene ring substituents is 1. The zero-order valence-corrected chi connectivity index (χ0v) is 14.0. The molecular weight excluding hydrogens is 347 g/mol. The van der Waals surface area contributed by atoms with Gasteiger partial charge in [0.15, 0.2) is 5.82 Å². The summed E-state index contributed by atoms with van der Waals surface area (Å²) in [5, 5.41) is 20.0. The van der Waals surface area contributed by atoms with Crippen LogP contribution in [0.3, 0.4) is 0 Å². The van der Waals surface area contributed by atoms with Crippen molar-refractivity contribution >= 4 is 21.7 Å². The molecule has 24 heavy (non-hydrogen) atoms. The van der Waals surface area contributed by atoms with Gasteiger partial charge >= 0.3 is 11.7 Å². The quantitative estimate of drug-likeness (QED) is 0.527. The van der Waals surface area contributed by atoms with E-state index in [0.717, 1.165) is 7.11 Å². The first kappa shape index (κ1) is 19.8. The highest BCUT2D eigenvalue weighted by atomic mass is 32.2. The van der Waals surface area contributed by atoms with Crippen LogP contribution in [0.15, 0.2) is 17.0 Å². The first-order valence-corrected chi connectivity index (χ1v) is 8.25. The van der Waals surface area contributed by atoms with Crippen molar-refractivity contribution in [2.24, 2.45) is 5.92 Å². The topological polar surface area (TPSA) is 136 Å². The van der Waals surface area contributed by atoms with Crippen molar-refractivity contribution in [3.8, 4) is 5.75 Å². The number of methoxy groups -OCH3 is 1. The van der Waals surface area contributed by atoms with Crippen LogP contribution in [-0.4, -0.2) is 37.6 Å². The van der Waals surface area contributed by atoms with E-state index in [1.807, 2.05) is 4.72 Å². The van der Waals surface area contributed by atoms with Gasteiger partial charge in [0.2, 0.25) is 15.8 Å². The average molecular weight is 364 g/mol. The second-order valence-electron chi connectivity index (χ2n) is 5.36. The van der Waals surface area contributed by atoms with Crippen molar-refractivity contribution in [1.29, 1.82) is 0 Å². The lowest BCUT2D eigenvalue weighted by Gasteiger charge is -2.17. The van der Waals surface area contributed by atoms with E-state index in [1.54, 1.807) is 13.8 Å². The number of hydrogen-bond acceptors (Lipinski definition) is 6. The fourth-order valence-corrected chi connectivity index (χ4v) is 3.21. The molecule has 0 unspecified atom stereocenters. The number of aliphatic carboxylic acids is 1. The molecule has 0 aliphatic carbocycles. The second-order valence-corrected chi connectivity index (χ2v) is 7.07. The maximum atomic E-state index is 13.9. The molecule has 134 valence electrons. The molecule has 0 spiro atoms. The Hall–Kier alpha value is -2.27. The number of carboxylic acid groups (broad SMARTS) is 1. The molecule has 0 radical (unpaired) electrons. The van der Waals surface area contributed by atoms with E-state index in [0.29, 0.717) is 12.1 Å². The smallest absolute Gasteiger partial charge is 0.321 e. The Kier molecular flexibility index (Phi) is 6.21. The molecule has 11 heteroatoms. The Morgan fingerprint density at radius 2 is 2.04 bits per heavy atom. The van der Waals surface area contributed by atoms with Crippen LogP contribution >= 0.6 is 0 Å². The third kappa shape index (κ3) is 4.61. The van der Waals surface area contributed by atoms with Gasteiger partial charge in [0.25, 0.3) is 0 Å². The van der Waals surface area contributed by atoms with Gasteiger partial charge in [-0.2, -0.15) is 4.72 Å². The third-order valence-electron chi connectivity index (χ3n) is 3.01. The number of halogens is 1. The molecule has 0 heterocycles. The summed E-state index contributed by atoms with van der Waals surface area (Å²) in [6.45, 7) is 3.39. The average Bonchev–Trinajstić information content (AvgIpc) is 2.44. The number of hydrogen-bond donors (Lipinski definition) is 2. The van der Waals surface area contributed by atoms with E-state index >= 15 is 0 Å². The Balaban J connectivity index is 3.32. The minimum Gasteiger partial charge on any atom is -0.488 e. The minimum atomic E-state index is -4.48. The van der Waals surface area contributed by atoms with Crippen LogP contribution in [0.25, 0.3) is 0 Å². The number of nitrogens with zero attached hydrogens (tertiary/aromatic N) is 1. The van der Waals surface area contributed by atoms with Crippen LogP contribution in [0, 0.1) is 21.8 Å². The van der Waals surface area contributed by atoms with Crippen molar-refractivity contribution in [3.05, 3.63) is 28.1 Å². The van der Waals surface area contributed by atoms with Crippen LogP contribution in [0.4, 0.5) is 10.1 Å². The summed E-state index contributed by atoms with van der Waals surface area (Å²) >= 11 is 0. The molecule has 0 aliphatic rings. The monoisotopic (exact) mass is 364 g/mol. The highest BCUT2D eigenvalue weighted by Gasteiger charge is 2.30. The molecule has 9 nitrogen and oxygen atoms in total. The molecule has 0 saturated carbocycles. The highest BCUT2D eigenvalue weighted by molar-refractivity contribution is 7.89. The maximum Gasteiger partial charge on any atom is 0.321 e. The molecule has 1 rings (SSSR count). The molecular formula is C13H17FN2O7S. The molecule has 1 atom stereocenters. The van der Waals surface area contributed by atoms with E-state index in [1.165, 1.54) is 0 Å². The van der Waals surface area contributed by atoms with E-state index in [-0.39, 0.29) is 12.3 Å². The van der Waals surface area contributed by atoms with Gasteiger partial charge in [-0.1, -0.05) is 13.8 Å². The van der Waals surface area contributed by atoms with Gasteiger partial charge < -0.3 is 9.84 Å². The van der Waals surface area contributed by atoms with Crippen molar-refractivity contribution in [2.45, 2.75) is 31.2 Å². The SMILES string of the molecule is COc1c(F)cc(S(=O)(=O)N[C@@H](CC(C)C)C(=O)O)cc1[N+](=O)[O-]. The number of nitro groups is 1. The van der Waals surface area contributed by atoms with E-state index in [9.17, 15) is 27.7 Å². The minimum absolute atomic E-state index is 0.00467. The number of ether oxygens (including phenoxy) is 1. The van der Waals surface area contributed by atoms with Gasteiger partial charge in [-0.25, -0.2) is 12.8 Å². The normalized spacial score (nSPS) is 12.9. The van der Waals surface area contributed by atoms with Crippen LogP contribution in [0.5, 0.6) is 5.75 Å². The van der Waals surface area contributed by atoms with Crippen LogP contribution in [0.1, 0.15) is 20.3 Å². The summed E-state index contributed by atoms with van der Waals surface area (Å²) in [6, 6.07) is -0.305.